The lowest BCUT2D eigenvalue weighted by Gasteiger charge is -2.27. The van der Waals surface area contributed by atoms with Crippen LogP contribution in [0.5, 0.6) is 0 Å². The van der Waals surface area contributed by atoms with Gasteiger partial charge in [0, 0.05) is 36.1 Å². The molecule has 3 rings (SSSR count). The lowest BCUT2D eigenvalue weighted by atomic mass is 9.86. The summed E-state index contributed by atoms with van der Waals surface area (Å²) in [6, 6.07) is 5.19. The first-order chi connectivity index (χ1) is 11.2. The summed E-state index contributed by atoms with van der Waals surface area (Å²) in [5.41, 5.74) is 0.219. The number of hydrogen-bond acceptors (Lipinski definition) is 3. The zero-order valence-electron chi connectivity index (χ0n) is 14.4. The van der Waals surface area contributed by atoms with Crippen LogP contribution in [0.3, 0.4) is 0 Å². The Morgan fingerprint density at radius 3 is 2.62 bits per heavy atom. The van der Waals surface area contributed by atoms with Crippen molar-refractivity contribution in [3.8, 4) is 0 Å². The highest BCUT2D eigenvalue weighted by Crippen LogP contribution is 2.42. The van der Waals surface area contributed by atoms with Gasteiger partial charge in [0.1, 0.15) is 11.4 Å². The van der Waals surface area contributed by atoms with Crippen LogP contribution in [-0.4, -0.2) is 42.8 Å². The molecule has 2 heterocycles. The van der Waals surface area contributed by atoms with Gasteiger partial charge in [0.25, 0.3) is 0 Å². The minimum Gasteiger partial charge on any atom is -0.444 e. The van der Waals surface area contributed by atoms with E-state index in [0.29, 0.717) is 18.8 Å². The van der Waals surface area contributed by atoms with Gasteiger partial charge in [-0.3, -0.25) is 0 Å². The van der Waals surface area contributed by atoms with Crippen LogP contribution in [0.25, 0.3) is 0 Å². The molecule has 1 aromatic rings. The van der Waals surface area contributed by atoms with E-state index in [-0.39, 0.29) is 17.3 Å². The Balaban J connectivity index is 1.66. The molecule has 4 nitrogen and oxygen atoms in total. The molecular formula is C18H24BrFN2O2. The maximum atomic E-state index is 14.2. The van der Waals surface area contributed by atoms with Crippen molar-refractivity contribution in [1.29, 1.82) is 0 Å². The van der Waals surface area contributed by atoms with Crippen molar-refractivity contribution >= 4 is 27.7 Å². The molecule has 1 aromatic carbocycles. The number of amides is 1. The van der Waals surface area contributed by atoms with Crippen LogP contribution in [-0.2, 0) is 4.74 Å². The predicted molar refractivity (Wildman–Crippen MR) is 95.8 cm³/mol. The molecule has 1 amide bonds. The third kappa shape index (κ3) is 3.68. The summed E-state index contributed by atoms with van der Waals surface area (Å²) < 4.78 is 20.4. The zero-order valence-corrected chi connectivity index (χ0v) is 16.0. The summed E-state index contributed by atoms with van der Waals surface area (Å²) in [6.07, 6.45) is 1.68. The van der Waals surface area contributed by atoms with E-state index >= 15 is 0 Å². The van der Waals surface area contributed by atoms with E-state index in [2.05, 4.69) is 20.8 Å². The molecule has 1 unspecified atom stereocenters. The van der Waals surface area contributed by atoms with Crippen LogP contribution in [0, 0.1) is 11.2 Å². The number of nitrogens with zero attached hydrogens (tertiary/aromatic N) is 2. The third-order valence-electron chi connectivity index (χ3n) is 4.78. The number of ether oxygens (including phenoxy) is 1. The summed E-state index contributed by atoms with van der Waals surface area (Å²) in [5, 5.41) is 0. The lowest BCUT2D eigenvalue weighted by Crippen LogP contribution is -2.37. The molecule has 6 heteroatoms. The molecule has 2 aliphatic rings. The fourth-order valence-electron chi connectivity index (χ4n) is 3.63. The summed E-state index contributed by atoms with van der Waals surface area (Å²) in [5.74, 6) is -0.205. The van der Waals surface area contributed by atoms with Crippen molar-refractivity contribution in [2.75, 3.05) is 31.1 Å². The normalized spacial score (nSPS) is 24.0. The highest BCUT2D eigenvalue weighted by molar-refractivity contribution is 9.10. The van der Waals surface area contributed by atoms with E-state index in [1.54, 1.807) is 4.90 Å². The molecule has 0 bridgehead atoms. The highest BCUT2D eigenvalue weighted by Gasteiger charge is 2.46. The smallest absolute Gasteiger partial charge is 0.410 e. The highest BCUT2D eigenvalue weighted by atomic mass is 79.9. The Hall–Kier alpha value is -1.30. The average Bonchev–Trinajstić information content (AvgIpc) is 3.05. The second kappa shape index (κ2) is 6.21. The van der Waals surface area contributed by atoms with Crippen LogP contribution in [0.1, 0.15) is 33.6 Å². The molecular weight excluding hydrogens is 375 g/mol. The van der Waals surface area contributed by atoms with Crippen molar-refractivity contribution in [2.45, 2.75) is 39.2 Å². The van der Waals surface area contributed by atoms with Gasteiger partial charge in [0.2, 0.25) is 0 Å². The van der Waals surface area contributed by atoms with Gasteiger partial charge in [-0.25, -0.2) is 9.18 Å². The molecule has 2 fully saturated rings. The number of benzene rings is 1. The molecule has 0 N–H and O–H groups in total. The van der Waals surface area contributed by atoms with E-state index in [9.17, 15) is 9.18 Å². The van der Waals surface area contributed by atoms with Gasteiger partial charge in [-0.1, -0.05) is 15.9 Å². The second-order valence-corrected chi connectivity index (χ2v) is 8.83. The Morgan fingerprint density at radius 1 is 1.25 bits per heavy atom. The van der Waals surface area contributed by atoms with Crippen molar-refractivity contribution < 1.29 is 13.9 Å². The van der Waals surface area contributed by atoms with Crippen LogP contribution in [0.15, 0.2) is 22.7 Å². The number of carbonyl (C=O) groups is 1. The number of rotatable bonds is 1. The number of hydrogen-bond donors (Lipinski definition) is 0. The van der Waals surface area contributed by atoms with Crippen LogP contribution in [0.2, 0.25) is 0 Å². The van der Waals surface area contributed by atoms with E-state index in [1.807, 2.05) is 32.9 Å². The maximum absolute atomic E-state index is 14.2. The van der Waals surface area contributed by atoms with Gasteiger partial charge in [-0.15, -0.1) is 0 Å². The monoisotopic (exact) mass is 398 g/mol. The Bertz CT molecular complexity index is 646. The third-order valence-corrected chi connectivity index (χ3v) is 5.27. The molecule has 0 radical (unpaired) electrons. The molecule has 0 aliphatic carbocycles. The number of anilines is 1. The van der Waals surface area contributed by atoms with E-state index in [1.165, 1.54) is 6.07 Å². The Morgan fingerprint density at radius 2 is 1.96 bits per heavy atom. The predicted octanol–water partition coefficient (Wildman–Crippen LogP) is 4.43. The molecule has 1 spiro atoms. The standard InChI is InChI=1S/C18H24BrFN2O2/c1-17(2,3)24-16(23)22-9-7-18(12-22)6-8-21(11-18)15-5-4-13(19)10-14(15)20/h4-5,10H,6-9,11-12H2,1-3H3. The van der Waals surface area contributed by atoms with E-state index in [4.69, 9.17) is 4.74 Å². The summed E-state index contributed by atoms with van der Waals surface area (Å²) in [4.78, 5) is 16.2. The largest absolute Gasteiger partial charge is 0.444 e. The van der Waals surface area contributed by atoms with E-state index in [0.717, 1.165) is 30.4 Å². The van der Waals surface area contributed by atoms with Gasteiger partial charge < -0.3 is 14.5 Å². The first kappa shape index (κ1) is 17.5. The average molecular weight is 399 g/mol. The van der Waals surface area contributed by atoms with Gasteiger partial charge in [-0.05, 0) is 51.8 Å². The van der Waals surface area contributed by atoms with Crippen molar-refractivity contribution in [1.82, 2.24) is 4.90 Å². The number of likely N-dealkylation sites (tertiary alicyclic amines) is 1. The fraction of sp³-hybridized carbons (Fsp3) is 0.611. The Kier molecular flexibility index (Phi) is 4.53. The van der Waals surface area contributed by atoms with E-state index < -0.39 is 5.60 Å². The molecule has 0 saturated carbocycles. The van der Waals surface area contributed by atoms with Crippen molar-refractivity contribution in [3.05, 3.63) is 28.5 Å². The molecule has 2 saturated heterocycles. The Labute approximate surface area is 151 Å². The lowest BCUT2D eigenvalue weighted by molar-refractivity contribution is 0.0276. The number of carbonyl (C=O) groups excluding carboxylic acids is 1. The fourth-order valence-corrected chi connectivity index (χ4v) is 3.96. The second-order valence-electron chi connectivity index (χ2n) is 7.92. The van der Waals surface area contributed by atoms with Gasteiger partial charge in [0.15, 0.2) is 0 Å². The van der Waals surface area contributed by atoms with Gasteiger partial charge >= 0.3 is 6.09 Å². The van der Waals surface area contributed by atoms with Crippen molar-refractivity contribution in [3.63, 3.8) is 0 Å². The van der Waals surface area contributed by atoms with Crippen molar-refractivity contribution in [2.24, 2.45) is 5.41 Å². The van der Waals surface area contributed by atoms with Gasteiger partial charge in [0.05, 0.1) is 5.69 Å². The molecule has 24 heavy (non-hydrogen) atoms. The summed E-state index contributed by atoms with van der Waals surface area (Å²) in [6.45, 7) is 8.65. The number of halogens is 2. The van der Waals surface area contributed by atoms with Crippen LogP contribution < -0.4 is 4.90 Å². The minimum atomic E-state index is -0.477. The van der Waals surface area contributed by atoms with Crippen LogP contribution >= 0.6 is 15.9 Å². The molecule has 1 atom stereocenters. The summed E-state index contributed by atoms with van der Waals surface area (Å²) >= 11 is 3.30. The van der Waals surface area contributed by atoms with Crippen LogP contribution in [0.4, 0.5) is 14.9 Å². The maximum Gasteiger partial charge on any atom is 0.410 e. The first-order valence-electron chi connectivity index (χ1n) is 8.35. The SMILES string of the molecule is CC(C)(C)OC(=O)N1CCC2(CCN(c3ccc(Br)cc3F)C2)C1. The van der Waals surface area contributed by atoms with Gasteiger partial charge in [-0.2, -0.15) is 0 Å². The minimum absolute atomic E-state index is 0.0520. The first-order valence-corrected chi connectivity index (χ1v) is 9.15. The topological polar surface area (TPSA) is 32.8 Å². The molecule has 132 valence electrons. The molecule has 2 aliphatic heterocycles. The zero-order chi connectivity index (χ0) is 17.5. The summed E-state index contributed by atoms with van der Waals surface area (Å²) in [7, 11) is 0. The quantitative estimate of drug-likeness (QED) is 0.701. The molecule has 0 aromatic heterocycles.